The van der Waals surface area contributed by atoms with E-state index in [0.29, 0.717) is 5.56 Å². The molecule has 0 radical (unpaired) electrons. The molecule has 0 bridgehead atoms. The zero-order valence-corrected chi connectivity index (χ0v) is 16.2. The maximum absolute atomic E-state index is 13.3. The number of amides is 2. The number of aryl methyl sites for hydroxylation is 1. The Morgan fingerprint density at radius 2 is 1.63 bits per heavy atom. The summed E-state index contributed by atoms with van der Waals surface area (Å²) in [6.45, 7) is 1.98. The largest absolute Gasteiger partial charge is 0.288 e. The molecule has 0 atom stereocenters. The van der Waals surface area contributed by atoms with Gasteiger partial charge in [0.05, 0.1) is 0 Å². The topological polar surface area (TPSA) is 61.8 Å². The van der Waals surface area contributed by atoms with E-state index in [4.69, 9.17) is 0 Å². The third kappa shape index (κ3) is 4.03. The number of amidine groups is 1. The molecule has 2 amide bonds. The number of aliphatic imine (C=N–C) groups is 1. The van der Waals surface area contributed by atoms with Crippen LogP contribution >= 0.6 is 0 Å². The van der Waals surface area contributed by atoms with Gasteiger partial charge in [0.25, 0.3) is 11.8 Å². The van der Waals surface area contributed by atoms with Crippen molar-refractivity contribution in [2.75, 3.05) is 0 Å². The van der Waals surface area contributed by atoms with Crippen molar-refractivity contribution >= 4 is 23.7 Å². The lowest BCUT2D eigenvalue weighted by Crippen LogP contribution is -2.53. The molecule has 0 aliphatic carbocycles. The molecule has 0 saturated carbocycles. The molecule has 0 saturated heterocycles. The lowest BCUT2D eigenvalue weighted by Gasteiger charge is -2.28. The number of carbonyl (C=O) groups is 2. The first-order chi connectivity index (χ1) is 14.5. The number of carbonyl (C=O) groups excluding carboxylic acids is 2. The highest BCUT2D eigenvalue weighted by Gasteiger charge is 2.30. The fraction of sp³-hybridized carbons (Fsp3) is 0.0417. The van der Waals surface area contributed by atoms with E-state index >= 15 is 0 Å². The summed E-state index contributed by atoms with van der Waals surface area (Å²) >= 11 is 0. The fourth-order valence-electron chi connectivity index (χ4n) is 2.99. The molecule has 6 heteroatoms. The van der Waals surface area contributed by atoms with Crippen LogP contribution in [0.15, 0.2) is 89.6 Å². The van der Waals surface area contributed by atoms with Gasteiger partial charge in [0.2, 0.25) is 0 Å². The Balaban J connectivity index is 1.77. The number of nitrogens with zero attached hydrogens (tertiary/aromatic N) is 2. The quantitative estimate of drug-likeness (QED) is 0.674. The molecule has 3 aromatic rings. The second kappa shape index (κ2) is 8.13. The van der Waals surface area contributed by atoms with Crippen LogP contribution in [0.4, 0.5) is 4.39 Å². The van der Waals surface area contributed by atoms with Gasteiger partial charge in [0.1, 0.15) is 11.5 Å². The molecule has 0 unspecified atom stereocenters. The molecule has 1 N–H and O–H groups in total. The number of halogens is 1. The molecule has 5 nitrogen and oxygen atoms in total. The van der Waals surface area contributed by atoms with Gasteiger partial charge in [-0.1, -0.05) is 60.2 Å². The van der Waals surface area contributed by atoms with Crippen LogP contribution in [0.25, 0.3) is 6.08 Å². The van der Waals surface area contributed by atoms with E-state index in [9.17, 15) is 14.0 Å². The van der Waals surface area contributed by atoms with E-state index < -0.39 is 17.6 Å². The summed E-state index contributed by atoms with van der Waals surface area (Å²) in [6.07, 6.45) is 1.66. The number of hydrazine groups is 1. The number of rotatable bonds is 3. The van der Waals surface area contributed by atoms with Crippen LogP contribution < -0.4 is 5.43 Å². The number of hydrogen-bond donors (Lipinski definition) is 1. The van der Waals surface area contributed by atoms with Crippen LogP contribution in [0.5, 0.6) is 0 Å². The highest BCUT2D eigenvalue weighted by Crippen LogP contribution is 2.19. The lowest BCUT2D eigenvalue weighted by atomic mass is 10.1. The molecule has 148 valence electrons. The first kappa shape index (κ1) is 19.3. The molecular weight excluding hydrogens is 381 g/mol. The van der Waals surface area contributed by atoms with Gasteiger partial charge < -0.3 is 0 Å². The molecule has 0 spiro atoms. The Morgan fingerprint density at radius 1 is 0.967 bits per heavy atom. The fourth-order valence-corrected chi connectivity index (χ4v) is 2.99. The van der Waals surface area contributed by atoms with Crippen molar-refractivity contribution in [3.63, 3.8) is 0 Å². The molecular formula is C24H18FN3O2. The van der Waals surface area contributed by atoms with Gasteiger partial charge in [-0.3, -0.25) is 15.0 Å². The molecule has 0 aromatic heterocycles. The van der Waals surface area contributed by atoms with Gasteiger partial charge in [0, 0.05) is 11.1 Å². The van der Waals surface area contributed by atoms with Gasteiger partial charge in [-0.25, -0.2) is 9.38 Å². The third-order valence-corrected chi connectivity index (χ3v) is 4.59. The van der Waals surface area contributed by atoms with E-state index in [-0.39, 0.29) is 17.1 Å². The maximum Gasteiger partial charge on any atom is 0.288 e. The van der Waals surface area contributed by atoms with Gasteiger partial charge in [-0.05, 0) is 42.8 Å². The Morgan fingerprint density at radius 3 is 2.30 bits per heavy atom. The molecule has 1 aliphatic heterocycles. The number of nitrogens with one attached hydrogen (secondary N) is 1. The summed E-state index contributed by atoms with van der Waals surface area (Å²) in [4.78, 5) is 30.2. The average molecular weight is 399 g/mol. The van der Waals surface area contributed by atoms with Gasteiger partial charge in [0.15, 0.2) is 5.84 Å². The van der Waals surface area contributed by atoms with Crippen LogP contribution in [0.1, 0.15) is 27.0 Å². The molecule has 1 aliphatic rings. The second-order valence-electron chi connectivity index (χ2n) is 6.83. The van der Waals surface area contributed by atoms with Crippen LogP contribution in [-0.4, -0.2) is 22.7 Å². The van der Waals surface area contributed by atoms with Crippen molar-refractivity contribution in [3.8, 4) is 0 Å². The zero-order valence-electron chi connectivity index (χ0n) is 16.2. The smallest absolute Gasteiger partial charge is 0.267 e. The maximum atomic E-state index is 13.3. The van der Waals surface area contributed by atoms with Crippen molar-refractivity contribution in [3.05, 3.63) is 113 Å². The van der Waals surface area contributed by atoms with E-state index in [1.54, 1.807) is 18.2 Å². The molecule has 30 heavy (non-hydrogen) atoms. The molecule has 4 rings (SSSR count). The Kier molecular flexibility index (Phi) is 5.22. The highest BCUT2D eigenvalue weighted by molar-refractivity contribution is 6.18. The predicted molar refractivity (Wildman–Crippen MR) is 113 cm³/mol. The summed E-state index contributed by atoms with van der Waals surface area (Å²) < 4.78 is 13.3. The van der Waals surface area contributed by atoms with Gasteiger partial charge in [-0.2, -0.15) is 5.01 Å². The monoisotopic (exact) mass is 399 g/mol. The SMILES string of the molecule is Cc1ccc(/C=C2/N=C(c3ccccc3)N(C(=O)c3ccc(F)cc3)NC2=O)cc1. The highest BCUT2D eigenvalue weighted by atomic mass is 19.1. The van der Waals surface area contributed by atoms with E-state index in [1.807, 2.05) is 49.4 Å². The predicted octanol–water partition coefficient (Wildman–Crippen LogP) is 4.11. The summed E-state index contributed by atoms with van der Waals surface area (Å²) in [5, 5.41) is 1.09. The van der Waals surface area contributed by atoms with Crippen molar-refractivity contribution in [1.29, 1.82) is 0 Å². The van der Waals surface area contributed by atoms with Crippen molar-refractivity contribution in [1.82, 2.24) is 10.4 Å². The number of benzene rings is 3. The summed E-state index contributed by atoms with van der Waals surface area (Å²) in [6, 6.07) is 21.9. The average Bonchev–Trinajstić information content (AvgIpc) is 2.77. The van der Waals surface area contributed by atoms with Crippen LogP contribution in [0, 0.1) is 12.7 Å². The minimum absolute atomic E-state index is 0.181. The van der Waals surface area contributed by atoms with Gasteiger partial charge >= 0.3 is 0 Å². The zero-order chi connectivity index (χ0) is 21.1. The van der Waals surface area contributed by atoms with Crippen LogP contribution in [-0.2, 0) is 4.79 Å². The van der Waals surface area contributed by atoms with Crippen LogP contribution in [0.3, 0.4) is 0 Å². The summed E-state index contributed by atoms with van der Waals surface area (Å²) in [7, 11) is 0. The third-order valence-electron chi connectivity index (χ3n) is 4.59. The normalized spacial score (nSPS) is 15.0. The summed E-state index contributed by atoms with van der Waals surface area (Å²) in [5.74, 6) is -1.19. The standard InChI is InChI=1S/C24H18FN3O2/c1-16-7-9-17(10-8-16)15-21-23(29)27-28(22(26-21)18-5-3-2-4-6-18)24(30)19-11-13-20(25)14-12-19/h2-15H,1H3,(H,27,29)/b21-15+. The second-order valence-corrected chi connectivity index (χ2v) is 6.83. The molecule has 1 heterocycles. The minimum atomic E-state index is -0.514. The Bertz CT molecular complexity index is 1150. The first-order valence-electron chi connectivity index (χ1n) is 9.35. The minimum Gasteiger partial charge on any atom is -0.267 e. The molecule has 0 fully saturated rings. The number of hydrogen-bond acceptors (Lipinski definition) is 3. The lowest BCUT2D eigenvalue weighted by molar-refractivity contribution is -0.120. The Labute approximate surface area is 173 Å². The first-order valence-corrected chi connectivity index (χ1v) is 9.35. The molecule has 3 aromatic carbocycles. The van der Waals surface area contributed by atoms with Crippen molar-refractivity contribution < 1.29 is 14.0 Å². The summed E-state index contributed by atoms with van der Waals surface area (Å²) in [5.41, 5.74) is 5.60. The van der Waals surface area contributed by atoms with Crippen LogP contribution in [0.2, 0.25) is 0 Å². The van der Waals surface area contributed by atoms with E-state index in [2.05, 4.69) is 10.4 Å². The van der Waals surface area contributed by atoms with Gasteiger partial charge in [-0.15, -0.1) is 0 Å². The van der Waals surface area contributed by atoms with Crippen molar-refractivity contribution in [2.45, 2.75) is 6.92 Å². The van der Waals surface area contributed by atoms with E-state index in [1.165, 1.54) is 24.3 Å². The van der Waals surface area contributed by atoms with E-state index in [0.717, 1.165) is 16.1 Å². The Hall–Kier alpha value is -4.06. The van der Waals surface area contributed by atoms with Crippen molar-refractivity contribution in [2.24, 2.45) is 4.99 Å².